The van der Waals surface area contributed by atoms with Crippen molar-refractivity contribution in [1.29, 1.82) is 0 Å². The highest BCUT2D eigenvalue weighted by molar-refractivity contribution is 5.79. The van der Waals surface area contributed by atoms with Crippen molar-refractivity contribution in [2.24, 2.45) is 10.4 Å². The molecule has 0 aliphatic heterocycles. The van der Waals surface area contributed by atoms with Crippen LogP contribution in [0.15, 0.2) is 23.2 Å². The number of aliphatic hydroxyl groups excluding tert-OH is 1. The van der Waals surface area contributed by atoms with E-state index in [4.69, 9.17) is 4.99 Å². The lowest BCUT2D eigenvalue weighted by molar-refractivity contribution is 0.131. The molecule has 0 heterocycles. The van der Waals surface area contributed by atoms with Gasteiger partial charge in [0.25, 0.3) is 0 Å². The molecule has 28 heavy (non-hydrogen) atoms. The Morgan fingerprint density at radius 1 is 1.21 bits per heavy atom. The van der Waals surface area contributed by atoms with Crippen molar-refractivity contribution in [3.63, 3.8) is 0 Å². The normalized spacial score (nSPS) is 17.0. The van der Waals surface area contributed by atoms with Crippen LogP contribution in [0.25, 0.3) is 0 Å². The van der Waals surface area contributed by atoms with Gasteiger partial charge in [-0.25, -0.2) is 9.38 Å². The van der Waals surface area contributed by atoms with Gasteiger partial charge in [-0.05, 0) is 63.4 Å². The topological polar surface area (TPSA) is 59.9 Å². The Balaban J connectivity index is 2.03. The van der Waals surface area contributed by atoms with Crippen LogP contribution >= 0.6 is 0 Å². The summed E-state index contributed by atoms with van der Waals surface area (Å²) in [5.74, 6) is 0.610. The van der Waals surface area contributed by atoms with Gasteiger partial charge in [0.1, 0.15) is 5.82 Å². The van der Waals surface area contributed by atoms with Gasteiger partial charge in [0, 0.05) is 31.8 Å². The molecule has 0 aromatic heterocycles. The Morgan fingerprint density at radius 3 is 2.61 bits per heavy atom. The van der Waals surface area contributed by atoms with Gasteiger partial charge in [-0.15, -0.1) is 0 Å². The molecule has 1 saturated carbocycles. The largest absolute Gasteiger partial charge is 0.396 e. The first kappa shape index (κ1) is 22.6. The highest BCUT2D eigenvalue weighted by atomic mass is 19.1. The number of rotatable bonds is 9. The molecule has 0 unspecified atom stereocenters. The summed E-state index contributed by atoms with van der Waals surface area (Å²) >= 11 is 0. The molecule has 6 heteroatoms. The zero-order valence-corrected chi connectivity index (χ0v) is 17.7. The molecule has 2 rings (SSSR count). The molecule has 158 valence electrons. The van der Waals surface area contributed by atoms with E-state index in [1.165, 1.54) is 25.3 Å². The zero-order valence-electron chi connectivity index (χ0n) is 17.7. The molecule has 0 atom stereocenters. The van der Waals surface area contributed by atoms with Crippen LogP contribution in [0.5, 0.6) is 0 Å². The van der Waals surface area contributed by atoms with Crippen LogP contribution in [0.4, 0.5) is 4.39 Å². The molecule has 0 amide bonds. The van der Waals surface area contributed by atoms with E-state index in [-0.39, 0.29) is 17.8 Å². The fourth-order valence-electron chi connectivity index (χ4n) is 4.03. The van der Waals surface area contributed by atoms with Crippen molar-refractivity contribution in [2.45, 2.75) is 58.5 Å². The monoisotopic (exact) mass is 392 g/mol. The summed E-state index contributed by atoms with van der Waals surface area (Å²) in [6, 6.07) is 5.23. The number of aliphatic imine (C=N–C) groups is 1. The molecule has 5 nitrogen and oxygen atoms in total. The first-order chi connectivity index (χ1) is 13.5. The molecule has 0 spiro atoms. The van der Waals surface area contributed by atoms with E-state index in [9.17, 15) is 9.50 Å². The zero-order chi connectivity index (χ0) is 20.4. The third-order valence-electron chi connectivity index (χ3n) is 5.55. The molecular formula is C22H37FN4O. The van der Waals surface area contributed by atoms with E-state index in [1.54, 1.807) is 6.07 Å². The van der Waals surface area contributed by atoms with E-state index >= 15 is 0 Å². The van der Waals surface area contributed by atoms with Gasteiger partial charge in [-0.2, -0.15) is 0 Å². The van der Waals surface area contributed by atoms with E-state index in [0.717, 1.165) is 43.9 Å². The summed E-state index contributed by atoms with van der Waals surface area (Å²) in [4.78, 5) is 6.67. The molecule has 1 fully saturated rings. The van der Waals surface area contributed by atoms with E-state index in [1.807, 2.05) is 32.0 Å². The molecule has 0 saturated heterocycles. The van der Waals surface area contributed by atoms with Gasteiger partial charge >= 0.3 is 0 Å². The van der Waals surface area contributed by atoms with Crippen LogP contribution in [0.2, 0.25) is 0 Å². The maximum atomic E-state index is 14.0. The van der Waals surface area contributed by atoms with Crippen LogP contribution < -0.4 is 10.6 Å². The summed E-state index contributed by atoms with van der Waals surface area (Å²) < 4.78 is 14.0. The van der Waals surface area contributed by atoms with E-state index in [2.05, 4.69) is 10.6 Å². The predicted molar refractivity (Wildman–Crippen MR) is 114 cm³/mol. The molecule has 1 aromatic rings. The summed E-state index contributed by atoms with van der Waals surface area (Å²) in [6.07, 6.45) is 6.92. The molecule has 1 aromatic carbocycles. The SMILES string of the molecule is CCNC(=NCc1ccc(F)c(CN(C)C)c1)NCC1(CCO)CCCCC1. The second-order valence-electron chi connectivity index (χ2n) is 8.25. The van der Waals surface area contributed by atoms with Gasteiger partial charge in [0.15, 0.2) is 5.96 Å². The quantitative estimate of drug-likeness (QED) is 0.446. The summed E-state index contributed by atoms with van der Waals surface area (Å²) in [7, 11) is 3.87. The van der Waals surface area contributed by atoms with Crippen molar-refractivity contribution < 1.29 is 9.50 Å². The summed E-state index contributed by atoms with van der Waals surface area (Å²) in [5.41, 5.74) is 1.86. The summed E-state index contributed by atoms with van der Waals surface area (Å²) in [6.45, 7) is 4.98. The maximum Gasteiger partial charge on any atom is 0.191 e. The van der Waals surface area contributed by atoms with Gasteiger partial charge in [0.05, 0.1) is 6.54 Å². The molecule has 3 N–H and O–H groups in total. The maximum absolute atomic E-state index is 14.0. The standard InChI is InChI=1S/C22H37FN4O/c1-4-24-21(26-17-22(12-13-28)10-6-5-7-11-22)25-15-18-8-9-20(23)19(14-18)16-27(2)3/h8-9,14,28H,4-7,10-13,15-17H2,1-3H3,(H2,24,25,26). The fourth-order valence-corrected chi connectivity index (χ4v) is 4.03. The lowest BCUT2D eigenvalue weighted by Gasteiger charge is -2.37. The van der Waals surface area contributed by atoms with Crippen LogP contribution in [0.3, 0.4) is 0 Å². The van der Waals surface area contributed by atoms with E-state index < -0.39 is 0 Å². The van der Waals surface area contributed by atoms with Crippen molar-refractivity contribution in [2.75, 3.05) is 33.8 Å². The number of guanidine groups is 1. The Labute approximate surface area is 169 Å². The minimum atomic E-state index is -0.172. The van der Waals surface area contributed by atoms with Crippen molar-refractivity contribution in [1.82, 2.24) is 15.5 Å². The lowest BCUT2D eigenvalue weighted by atomic mass is 9.72. The van der Waals surface area contributed by atoms with Crippen LogP contribution in [0, 0.1) is 11.2 Å². The number of aliphatic hydroxyl groups is 1. The first-order valence-electron chi connectivity index (χ1n) is 10.5. The minimum absolute atomic E-state index is 0.165. The number of benzene rings is 1. The molecule has 1 aliphatic rings. The number of hydrogen-bond acceptors (Lipinski definition) is 3. The third-order valence-corrected chi connectivity index (χ3v) is 5.55. The highest BCUT2D eigenvalue weighted by Gasteiger charge is 2.31. The van der Waals surface area contributed by atoms with Crippen LogP contribution in [0.1, 0.15) is 56.6 Å². The lowest BCUT2D eigenvalue weighted by Crippen LogP contribution is -2.44. The van der Waals surface area contributed by atoms with Crippen molar-refractivity contribution in [3.8, 4) is 0 Å². The van der Waals surface area contributed by atoms with Crippen molar-refractivity contribution in [3.05, 3.63) is 35.1 Å². The van der Waals surface area contributed by atoms with Gasteiger partial charge < -0.3 is 20.6 Å². The second kappa shape index (κ2) is 11.4. The number of nitrogens with one attached hydrogen (secondary N) is 2. The second-order valence-corrected chi connectivity index (χ2v) is 8.25. The van der Waals surface area contributed by atoms with Crippen LogP contribution in [-0.2, 0) is 13.1 Å². The molecular weight excluding hydrogens is 355 g/mol. The van der Waals surface area contributed by atoms with Crippen LogP contribution in [-0.4, -0.2) is 49.8 Å². The number of nitrogens with zero attached hydrogens (tertiary/aromatic N) is 2. The van der Waals surface area contributed by atoms with Gasteiger partial charge in [-0.1, -0.05) is 25.3 Å². The van der Waals surface area contributed by atoms with Gasteiger partial charge in [0.2, 0.25) is 0 Å². The smallest absolute Gasteiger partial charge is 0.191 e. The Kier molecular flexibility index (Phi) is 9.19. The fraction of sp³-hybridized carbons (Fsp3) is 0.682. The minimum Gasteiger partial charge on any atom is -0.396 e. The third kappa shape index (κ3) is 7.06. The number of halogens is 1. The Hall–Kier alpha value is -1.66. The number of hydrogen-bond donors (Lipinski definition) is 3. The Morgan fingerprint density at radius 2 is 1.96 bits per heavy atom. The average Bonchev–Trinajstić information content (AvgIpc) is 2.67. The highest BCUT2D eigenvalue weighted by Crippen LogP contribution is 2.38. The molecule has 0 radical (unpaired) electrons. The Bertz CT molecular complexity index is 621. The van der Waals surface area contributed by atoms with E-state index in [0.29, 0.717) is 18.7 Å². The first-order valence-corrected chi connectivity index (χ1v) is 10.5. The summed E-state index contributed by atoms with van der Waals surface area (Å²) in [5, 5.41) is 16.3. The predicted octanol–water partition coefficient (Wildman–Crippen LogP) is 3.28. The van der Waals surface area contributed by atoms with Gasteiger partial charge in [-0.3, -0.25) is 0 Å². The molecule has 0 bridgehead atoms. The average molecular weight is 393 g/mol. The van der Waals surface area contributed by atoms with Crippen molar-refractivity contribution >= 4 is 5.96 Å². The molecule has 1 aliphatic carbocycles.